The molecule has 90 valence electrons. The van der Waals surface area contributed by atoms with Crippen molar-refractivity contribution in [3.8, 4) is 6.07 Å². The van der Waals surface area contributed by atoms with Gasteiger partial charge >= 0.3 is 0 Å². The Morgan fingerprint density at radius 2 is 2.06 bits per heavy atom. The lowest BCUT2D eigenvalue weighted by Gasteiger charge is -2.19. The molecule has 0 aliphatic rings. The molecule has 1 atom stereocenters. The normalized spacial score (nSPS) is 12.9. The second-order valence-corrected chi connectivity index (χ2v) is 5.68. The molecule has 0 aromatic heterocycles. The second-order valence-electron chi connectivity index (χ2n) is 5.68. The number of benzene rings is 1. The van der Waals surface area contributed by atoms with Crippen molar-refractivity contribution >= 4 is 5.78 Å². The quantitative estimate of drug-likeness (QED) is 0.794. The van der Waals surface area contributed by atoms with Gasteiger partial charge in [0.15, 0.2) is 5.78 Å². The Kier molecular flexibility index (Phi) is 4.07. The van der Waals surface area contributed by atoms with Crippen molar-refractivity contribution in [1.29, 1.82) is 5.26 Å². The van der Waals surface area contributed by atoms with Crippen LogP contribution in [0.3, 0.4) is 0 Å². The van der Waals surface area contributed by atoms with E-state index in [0.29, 0.717) is 6.42 Å². The van der Waals surface area contributed by atoms with Gasteiger partial charge in [-0.05, 0) is 17.9 Å². The second kappa shape index (κ2) is 5.14. The van der Waals surface area contributed by atoms with Gasteiger partial charge in [-0.1, -0.05) is 50.6 Å². The van der Waals surface area contributed by atoms with E-state index in [0.717, 1.165) is 11.1 Å². The maximum Gasteiger partial charge on any atom is 0.154 e. The Labute approximate surface area is 103 Å². The average molecular weight is 229 g/mol. The lowest BCUT2D eigenvalue weighted by molar-refractivity contribution is -0.121. The molecular weight excluding hydrogens is 210 g/mol. The summed E-state index contributed by atoms with van der Waals surface area (Å²) in [7, 11) is 0. The van der Waals surface area contributed by atoms with E-state index in [-0.39, 0.29) is 11.2 Å². The first kappa shape index (κ1) is 13.4. The van der Waals surface area contributed by atoms with E-state index in [1.165, 1.54) is 0 Å². The highest BCUT2D eigenvalue weighted by Gasteiger charge is 2.25. The minimum Gasteiger partial charge on any atom is -0.298 e. The fourth-order valence-corrected chi connectivity index (χ4v) is 1.81. The maximum atomic E-state index is 12.1. The molecular formula is C15H19NO. The van der Waals surface area contributed by atoms with Crippen molar-refractivity contribution < 1.29 is 4.79 Å². The van der Waals surface area contributed by atoms with Crippen molar-refractivity contribution in [1.82, 2.24) is 0 Å². The van der Waals surface area contributed by atoms with Gasteiger partial charge in [0.1, 0.15) is 5.92 Å². The Morgan fingerprint density at radius 3 is 2.53 bits per heavy atom. The standard InChI is InChI=1S/C15H19NO/c1-11-6-5-7-12(8-11)13(10-16)14(17)9-15(2,3)4/h5-8,13H,9H2,1-4H3. The van der Waals surface area contributed by atoms with Crippen LogP contribution in [0.25, 0.3) is 0 Å². The minimum absolute atomic E-state index is 0.00519. The molecule has 2 nitrogen and oxygen atoms in total. The van der Waals surface area contributed by atoms with E-state index in [2.05, 4.69) is 6.07 Å². The maximum absolute atomic E-state index is 12.1. The van der Waals surface area contributed by atoms with Crippen molar-refractivity contribution in [2.45, 2.75) is 40.0 Å². The number of hydrogen-bond acceptors (Lipinski definition) is 2. The predicted octanol–water partition coefficient (Wildman–Crippen LogP) is 3.61. The zero-order valence-corrected chi connectivity index (χ0v) is 10.9. The predicted molar refractivity (Wildman–Crippen MR) is 68.6 cm³/mol. The Balaban J connectivity index is 2.94. The highest BCUT2D eigenvalue weighted by molar-refractivity contribution is 5.88. The molecule has 1 aromatic rings. The van der Waals surface area contributed by atoms with E-state index in [1.54, 1.807) is 0 Å². The van der Waals surface area contributed by atoms with Gasteiger partial charge in [-0.15, -0.1) is 0 Å². The lowest BCUT2D eigenvalue weighted by atomic mass is 9.83. The largest absolute Gasteiger partial charge is 0.298 e. The number of ketones is 1. The summed E-state index contributed by atoms with van der Waals surface area (Å²) < 4.78 is 0. The van der Waals surface area contributed by atoms with E-state index < -0.39 is 5.92 Å². The Morgan fingerprint density at radius 1 is 1.41 bits per heavy atom. The van der Waals surface area contributed by atoms with E-state index in [1.807, 2.05) is 52.0 Å². The summed E-state index contributed by atoms with van der Waals surface area (Å²) in [6.07, 6.45) is 0.430. The van der Waals surface area contributed by atoms with Gasteiger partial charge in [-0.3, -0.25) is 4.79 Å². The molecule has 17 heavy (non-hydrogen) atoms. The lowest BCUT2D eigenvalue weighted by Crippen LogP contribution is -2.18. The molecule has 0 N–H and O–H groups in total. The van der Waals surface area contributed by atoms with Gasteiger partial charge in [0, 0.05) is 6.42 Å². The molecule has 0 amide bonds. The molecule has 1 rings (SSSR count). The fraction of sp³-hybridized carbons (Fsp3) is 0.467. The number of Topliss-reactive ketones (excluding diaryl/α,β-unsaturated/α-hetero) is 1. The van der Waals surface area contributed by atoms with Crippen LogP contribution in [0.5, 0.6) is 0 Å². The number of hydrogen-bond donors (Lipinski definition) is 0. The molecule has 0 aliphatic heterocycles. The first-order valence-electron chi connectivity index (χ1n) is 5.82. The minimum atomic E-state index is -0.630. The first-order chi connectivity index (χ1) is 7.83. The Hall–Kier alpha value is -1.62. The molecule has 0 heterocycles. The highest BCUT2D eigenvalue weighted by atomic mass is 16.1. The molecule has 1 unspecified atom stereocenters. The summed E-state index contributed by atoms with van der Waals surface area (Å²) in [5.41, 5.74) is 1.81. The van der Waals surface area contributed by atoms with Gasteiger partial charge in [0.05, 0.1) is 6.07 Å². The summed E-state index contributed by atoms with van der Waals surface area (Å²) >= 11 is 0. The zero-order chi connectivity index (χ0) is 13.1. The van der Waals surface area contributed by atoms with E-state index in [4.69, 9.17) is 5.26 Å². The molecule has 0 radical (unpaired) electrons. The van der Waals surface area contributed by atoms with Gasteiger partial charge in [-0.25, -0.2) is 0 Å². The summed E-state index contributed by atoms with van der Waals surface area (Å²) in [5, 5.41) is 9.17. The summed E-state index contributed by atoms with van der Waals surface area (Å²) in [6, 6.07) is 9.73. The van der Waals surface area contributed by atoms with Crippen LogP contribution in [0.2, 0.25) is 0 Å². The van der Waals surface area contributed by atoms with Crippen molar-refractivity contribution in [2.75, 3.05) is 0 Å². The molecule has 1 aromatic carbocycles. The van der Waals surface area contributed by atoms with Crippen LogP contribution in [0, 0.1) is 23.7 Å². The van der Waals surface area contributed by atoms with Crippen LogP contribution in [-0.2, 0) is 4.79 Å². The van der Waals surface area contributed by atoms with Crippen molar-refractivity contribution in [2.24, 2.45) is 5.41 Å². The van der Waals surface area contributed by atoms with Crippen LogP contribution in [0.1, 0.15) is 44.2 Å². The van der Waals surface area contributed by atoms with Gasteiger partial charge in [0.25, 0.3) is 0 Å². The third-order valence-electron chi connectivity index (χ3n) is 2.53. The number of carbonyl (C=O) groups is 1. The monoisotopic (exact) mass is 229 g/mol. The van der Waals surface area contributed by atoms with Crippen molar-refractivity contribution in [3.05, 3.63) is 35.4 Å². The van der Waals surface area contributed by atoms with E-state index >= 15 is 0 Å². The zero-order valence-electron chi connectivity index (χ0n) is 10.9. The Bertz CT molecular complexity index is 449. The van der Waals surface area contributed by atoms with Gasteiger partial charge < -0.3 is 0 Å². The SMILES string of the molecule is Cc1cccc(C(C#N)C(=O)CC(C)(C)C)c1. The van der Waals surface area contributed by atoms with Gasteiger partial charge in [-0.2, -0.15) is 5.26 Å². The molecule has 0 saturated carbocycles. The highest BCUT2D eigenvalue weighted by Crippen LogP contribution is 2.26. The molecule has 2 heteroatoms. The molecule has 0 bridgehead atoms. The van der Waals surface area contributed by atoms with Crippen molar-refractivity contribution in [3.63, 3.8) is 0 Å². The molecule has 0 fully saturated rings. The van der Waals surface area contributed by atoms with Gasteiger partial charge in [0.2, 0.25) is 0 Å². The van der Waals surface area contributed by atoms with Crippen LogP contribution >= 0.6 is 0 Å². The summed E-state index contributed by atoms with van der Waals surface area (Å²) in [6.45, 7) is 7.99. The topological polar surface area (TPSA) is 40.9 Å². The summed E-state index contributed by atoms with van der Waals surface area (Å²) in [5.74, 6) is -0.625. The average Bonchev–Trinajstić information content (AvgIpc) is 2.15. The smallest absolute Gasteiger partial charge is 0.154 e. The number of carbonyl (C=O) groups excluding carboxylic acids is 1. The number of nitriles is 1. The first-order valence-corrected chi connectivity index (χ1v) is 5.82. The van der Waals surface area contributed by atoms with E-state index in [9.17, 15) is 4.79 Å². The number of rotatable bonds is 3. The molecule has 0 aliphatic carbocycles. The number of aryl methyl sites for hydroxylation is 1. The van der Waals surface area contributed by atoms with Crippen LogP contribution in [0.4, 0.5) is 0 Å². The molecule has 0 spiro atoms. The molecule has 0 saturated heterocycles. The third-order valence-corrected chi connectivity index (χ3v) is 2.53. The third kappa shape index (κ3) is 4.03. The van der Waals surface area contributed by atoms with Crippen LogP contribution < -0.4 is 0 Å². The van der Waals surface area contributed by atoms with Crippen LogP contribution in [-0.4, -0.2) is 5.78 Å². The van der Waals surface area contributed by atoms with Crippen LogP contribution in [0.15, 0.2) is 24.3 Å². The summed E-state index contributed by atoms with van der Waals surface area (Å²) in [4.78, 5) is 12.1. The number of nitrogens with zero attached hydrogens (tertiary/aromatic N) is 1. The fourth-order valence-electron chi connectivity index (χ4n) is 1.81.